The monoisotopic (exact) mass is 412 g/mol. The van der Waals surface area contributed by atoms with Crippen molar-refractivity contribution in [2.75, 3.05) is 26.3 Å². The number of hydrogen-bond acceptors (Lipinski definition) is 4. The van der Waals surface area contributed by atoms with Crippen molar-refractivity contribution in [2.45, 2.75) is 13.3 Å². The number of hydrogen-bond donors (Lipinski definition) is 1. The first-order chi connectivity index (χ1) is 15.2. The van der Waals surface area contributed by atoms with E-state index in [1.54, 1.807) is 12.4 Å². The highest BCUT2D eigenvalue weighted by Gasteiger charge is 2.19. The topological polar surface area (TPSA) is 71.1 Å². The Hall–Kier alpha value is -3.51. The van der Waals surface area contributed by atoms with Gasteiger partial charge < -0.3 is 14.6 Å². The zero-order valence-electron chi connectivity index (χ0n) is 17.5. The van der Waals surface area contributed by atoms with Crippen LogP contribution >= 0.6 is 0 Å². The molecular weight excluding hydrogens is 388 g/mol. The summed E-state index contributed by atoms with van der Waals surface area (Å²) in [5, 5.41) is 1.06. The van der Waals surface area contributed by atoms with Crippen LogP contribution < -0.4 is 0 Å². The molecule has 156 valence electrons. The molecule has 1 aromatic carbocycles. The number of fused-ring (bicyclic) bond motifs is 1. The molecular formula is C25H24N4O2. The molecule has 31 heavy (non-hydrogen) atoms. The van der Waals surface area contributed by atoms with Crippen molar-refractivity contribution in [2.24, 2.45) is 0 Å². The summed E-state index contributed by atoms with van der Waals surface area (Å²) < 4.78 is 5.36. The molecule has 5 rings (SSSR count). The summed E-state index contributed by atoms with van der Waals surface area (Å²) in [4.78, 5) is 26.9. The molecule has 1 saturated heterocycles. The van der Waals surface area contributed by atoms with Crippen LogP contribution in [0.4, 0.5) is 0 Å². The van der Waals surface area contributed by atoms with Crippen LogP contribution in [0, 0.1) is 0 Å². The molecule has 0 bridgehead atoms. The Bertz CT molecular complexity index is 1240. The number of nitrogens with zero attached hydrogens (tertiary/aromatic N) is 3. The summed E-state index contributed by atoms with van der Waals surface area (Å²) in [6, 6.07) is 12.5. The lowest BCUT2D eigenvalue weighted by Gasteiger charge is -2.26. The number of aromatic nitrogens is 3. The van der Waals surface area contributed by atoms with Crippen molar-refractivity contribution in [1.82, 2.24) is 19.9 Å². The van der Waals surface area contributed by atoms with Gasteiger partial charge in [-0.1, -0.05) is 31.2 Å². The van der Waals surface area contributed by atoms with Crippen LogP contribution in [0.1, 0.15) is 22.8 Å². The maximum absolute atomic E-state index is 12.9. The fraction of sp³-hybridized carbons (Fsp3) is 0.240. The summed E-state index contributed by atoms with van der Waals surface area (Å²) in [5.74, 6) is -0.00843. The minimum absolute atomic E-state index is 0.00843. The zero-order chi connectivity index (χ0) is 21.2. The van der Waals surface area contributed by atoms with Gasteiger partial charge in [0.15, 0.2) is 0 Å². The predicted octanol–water partition coefficient (Wildman–Crippen LogP) is 4.33. The Morgan fingerprint density at radius 1 is 1.06 bits per heavy atom. The van der Waals surface area contributed by atoms with Gasteiger partial charge in [0.2, 0.25) is 0 Å². The molecule has 1 amide bonds. The molecule has 1 N–H and O–H groups in total. The lowest BCUT2D eigenvalue weighted by molar-refractivity contribution is 0.0302. The second-order valence-electron chi connectivity index (χ2n) is 7.70. The third kappa shape index (κ3) is 3.70. The fourth-order valence-electron chi connectivity index (χ4n) is 4.14. The van der Waals surface area contributed by atoms with E-state index in [2.05, 4.69) is 52.2 Å². The molecule has 6 heteroatoms. The van der Waals surface area contributed by atoms with E-state index >= 15 is 0 Å². The second kappa shape index (κ2) is 8.32. The molecule has 1 aliphatic rings. The predicted molar refractivity (Wildman–Crippen MR) is 121 cm³/mol. The maximum atomic E-state index is 12.9. The molecule has 0 saturated carbocycles. The minimum Gasteiger partial charge on any atom is -0.378 e. The highest BCUT2D eigenvalue weighted by molar-refractivity contribution is 5.98. The molecule has 6 nitrogen and oxygen atoms in total. The zero-order valence-corrected chi connectivity index (χ0v) is 17.5. The highest BCUT2D eigenvalue weighted by atomic mass is 16.5. The van der Waals surface area contributed by atoms with Crippen LogP contribution in [-0.4, -0.2) is 52.1 Å². The largest absolute Gasteiger partial charge is 0.378 e. The second-order valence-corrected chi connectivity index (χ2v) is 7.70. The Kier molecular flexibility index (Phi) is 5.22. The molecule has 3 aromatic heterocycles. The summed E-state index contributed by atoms with van der Waals surface area (Å²) in [6.07, 6.45) is 8.23. The number of ether oxygens (including phenoxy) is 1. The SMILES string of the molecule is CCc1ccccc1-c1c[nH]c2ncc(-c3cncc(C(=O)N4CCOCC4)c3)cc12. The van der Waals surface area contributed by atoms with Crippen LogP contribution in [0.15, 0.2) is 61.2 Å². The van der Waals surface area contributed by atoms with Crippen LogP contribution in [-0.2, 0) is 11.2 Å². The molecule has 4 aromatic rings. The molecule has 0 spiro atoms. The van der Waals surface area contributed by atoms with Crippen molar-refractivity contribution in [3.63, 3.8) is 0 Å². The smallest absolute Gasteiger partial charge is 0.255 e. The number of rotatable bonds is 4. The van der Waals surface area contributed by atoms with Crippen molar-refractivity contribution >= 4 is 16.9 Å². The van der Waals surface area contributed by atoms with Gasteiger partial charge in [-0.05, 0) is 29.7 Å². The van der Waals surface area contributed by atoms with Gasteiger partial charge >= 0.3 is 0 Å². The number of aromatic amines is 1. The van der Waals surface area contributed by atoms with Gasteiger partial charge in [-0.15, -0.1) is 0 Å². The third-order valence-electron chi connectivity index (χ3n) is 5.84. The van der Waals surface area contributed by atoms with Gasteiger partial charge in [-0.25, -0.2) is 4.98 Å². The molecule has 1 aliphatic heterocycles. The van der Waals surface area contributed by atoms with E-state index in [0.29, 0.717) is 31.9 Å². The van der Waals surface area contributed by atoms with E-state index in [9.17, 15) is 4.79 Å². The van der Waals surface area contributed by atoms with Crippen LogP contribution in [0.25, 0.3) is 33.3 Å². The summed E-state index contributed by atoms with van der Waals surface area (Å²) in [6.45, 7) is 4.55. The molecule has 0 unspecified atom stereocenters. The van der Waals surface area contributed by atoms with Crippen LogP contribution in [0.2, 0.25) is 0 Å². The van der Waals surface area contributed by atoms with E-state index in [-0.39, 0.29) is 5.91 Å². The van der Waals surface area contributed by atoms with Gasteiger partial charge in [-0.3, -0.25) is 9.78 Å². The fourth-order valence-corrected chi connectivity index (χ4v) is 4.14. The number of nitrogens with one attached hydrogen (secondary N) is 1. The maximum Gasteiger partial charge on any atom is 0.255 e. The van der Waals surface area contributed by atoms with E-state index in [1.807, 2.05) is 23.4 Å². The van der Waals surface area contributed by atoms with Crippen molar-refractivity contribution in [1.29, 1.82) is 0 Å². The lowest BCUT2D eigenvalue weighted by atomic mass is 9.97. The molecule has 4 heterocycles. The Labute approximate surface area is 180 Å². The summed E-state index contributed by atoms with van der Waals surface area (Å²) in [5.41, 5.74) is 6.90. The molecule has 0 aliphatic carbocycles. The number of aryl methyl sites for hydroxylation is 1. The molecule has 0 atom stereocenters. The van der Waals surface area contributed by atoms with Gasteiger partial charge in [0.05, 0.1) is 18.8 Å². The van der Waals surface area contributed by atoms with Gasteiger partial charge in [0, 0.05) is 60.0 Å². The average Bonchev–Trinajstić information content (AvgIpc) is 3.27. The Morgan fingerprint density at radius 3 is 2.71 bits per heavy atom. The van der Waals surface area contributed by atoms with E-state index < -0.39 is 0 Å². The number of morpholine rings is 1. The van der Waals surface area contributed by atoms with E-state index in [4.69, 9.17) is 4.74 Å². The van der Waals surface area contributed by atoms with Gasteiger partial charge in [-0.2, -0.15) is 0 Å². The number of pyridine rings is 2. The van der Waals surface area contributed by atoms with E-state index in [1.165, 1.54) is 11.1 Å². The van der Waals surface area contributed by atoms with Crippen molar-refractivity contribution < 1.29 is 9.53 Å². The standard InChI is InChI=1S/C25H24N4O2/c1-2-17-5-3-4-6-21(17)23-16-28-24-22(23)12-19(15-27-24)18-11-20(14-26-13-18)25(30)29-7-9-31-10-8-29/h3-6,11-16H,2,7-10H2,1H3,(H,27,28). The first-order valence-corrected chi connectivity index (χ1v) is 10.6. The average molecular weight is 412 g/mol. The molecule has 1 fully saturated rings. The van der Waals surface area contributed by atoms with Gasteiger partial charge in [0.25, 0.3) is 5.91 Å². The summed E-state index contributed by atoms with van der Waals surface area (Å²) >= 11 is 0. The quantitative estimate of drug-likeness (QED) is 0.542. The van der Waals surface area contributed by atoms with Crippen LogP contribution in [0.5, 0.6) is 0 Å². The first-order valence-electron chi connectivity index (χ1n) is 10.6. The highest BCUT2D eigenvalue weighted by Crippen LogP contribution is 2.33. The minimum atomic E-state index is -0.00843. The third-order valence-corrected chi connectivity index (χ3v) is 5.84. The first kappa shape index (κ1) is 19.5. The number of carbonyl (C=O) groups excluding carboxylic acids is 1. The number of amides is 1. The molecule has 0 radical (unpaired) electrons. The Morgan fingerprint density at radius 2 is 1.87 bits per heavy atom. The Balaban J connectivity index is 1.53. The van der Waals surface area contributed by atoms with E-state index in [0.717, 1.165) is 34.1 Å². The summed E-state index contributed by atoms with van der Waals surface area (Å²) in [7, 11) is 0. The number of benzene rings is 1. The number of H-pyrrole nitrogens is 1. The number of carbonyl (C=O) groups is 1. The van der Waals surface area contributed by atoms with Crippen molar-refractivity contribution in [3.8, 4) is 22.3 Å². The van der Waals surface area contributed by atoms with Crippen molar-refractivity contribution in [3.05, 3.63) is 72.3 Å². The van der Waals surface area contributed by atoms with Crippen LogP contribution in [0.3, 0.4) is 0 Å². The normalized spacial score (nSPS) is 14.2. The lowest BCUT2D eigenvalue weighted by Crippen LogP contribution is -2.40. The van der Waals surface area contributed by atoms with Gasteiger partial charge in [0.1, 0.15) is 5.65 Å².